The lowest BCUT2D eigenvalue weighted by Gasteiger charge is -2.36. The number of nitrogens with zero attached hydrogens (tertiary/aromatic N) is 2. The minimum atomic E-state index is -4.25. The molecule has 1 saturated heterocycles. The van der Waals surface area contributed by atoms with Crippen LogP contribution in [0.15, 0.2) is 67.3 Å². The fraction of sp³-hybridized carbons (Fsp3) is 0.488. The largest absolute Gasteiger partial charge is 0.497 e. The van der Waals surface area contributed by atoms with Crippen LogP contribution in [0.1, 0.15) is 67.2 Å². The van der Waals surface area contributed by atoms with E-state index in [9.17, 15) is 27.6 Å². The van der Waals surface area contributed by atoms with Gasteiger partial charge in [-0.15, -0.1) is 6.58 Å². The summed E-state index contributed by atoms with van der Waals surface area (Å²) in [6.07, 6.45) is 0.335. The molecule has 5 atom stereocenters. The number of amides is 4. The predicted molar refractivity (Wildman–Crippen MR) is 215 cm³/mol. The first-order valence-corrected chi connectivity index (χ1v) is 20.7. The highest BCUT2D eigenvalue weighted by atomic mass is 35.5. The Morgan fingerprint density at radius 3 is 2.30 bits per heavy atom. The average Bonchev–Trinajstić information content (AvgIpc) is 4.02. The maximum Gasteiger partial charge on any atom is 0.408 e. The van der Waals surface area contributed by atoms with Crippen molar-refractivity contribution in [2.75, 3.05) is 13.7 Å². The SMILES string of the molecule is C=C[C@H]1C[C@@]1(NC(=O)[C@@H]1C[C@@H](Oc2cc(-c3ccccc3)nc3cc(OC)ccc23)CN1C(=O)[C@@H](NC(=O)OC(C)(C)C)C(C)(C)C)C(=O)NS(=O)(=O)C1(Cl)CC1. The topological polar surface area (TPSA) is 182 Å². The van der Waals surface area contributed by atoms with E-state index in [1.165, 1.54) is 11.0 Å². The van der Waals surface area contributed by atoms with Crippen LogP contribution in [-0.4, -0.2) is 89.3 Å². The number of fused-ring (bicyclic) bond motifs is 1. The van der Waals surface area contributed by atoms with E-state index in [4.69, 9.17) is 30.8 Å². The van der Waals surface area contributed by atoms with Gasteiger partial charge in [0.1, 0.15) is 40.8 Å². The predicted octanol–water partition coefficient (Wildman–Crippen LogP) is 5.43. The third-order valence-electron chi connectivity index (χ3n) is 10.4. The van der Waals surface area contributed by atoms with E-state index in [0.29, 0.717) is 28.1 Å². The van der Waals surface area contributed by atoms with Crippen LogP contribution in [0.25, 0.3) is 22.2 Å². The average molecular weight is 824 g/mol. The number of halogens is 1. The smallest absolute Gasteiger partial charge is 0.408 e. The van der Waals surface area contributed by atoms with Gasteiger partial charge >= 0.3 is 6.09 Å². The second-order valence-corrected chi connectivity index (χ2v) is 19.9. The Labute approximate surface area is 338 Å². The third kappa shape index (κ3) is 8.84. The van der Waals surface area contributed by atoms with Crippen molar-refractivity contribution in [1.29, 1.82) is 0 Å². The number of alkyl carbamates (subject to hydrolysis) is 1. The highest BCUT2D eigenvalue weighted by Gasteiger charge is 2.63. The minimum absolute atomic E-state index is 0.0128. The minimum Gasteiger partial charge on any atom is -0.497 e. The van der Waals surface area contributed by atoms with Gasteiger partial charge in [0.25, 0.3) is 15.9 Å². The van der Waals surface area contributed by atoms with Crippen LogP contribution in [0.4, 0.5) is 4.79 Å². The number of pyridine rings is 1. The molecule has 0 spiro atoms. The number of hydrogen-bond acceptors (Lipinski definition) is 10. The molecule has 1 aromatic heterocycles. The van der Waals surface area contributed by atoms with Gasteiger partial charge in [0, 0.05) is 35.4 Å². The number of benzene rings is 2. The number of carbonyl (C=O) groups excluding carboxylic acids is 4. The highest BCUT2D eigenvalue weighted by molar-refractivity contribution is 7.93. The summed E-state index contributed by atoms with van der Waals surface area (Å²) in [6, 6.07) is 14.4. The number of alkyl halides is 1. The molecule has 2 saturated carbocycles. The Morgan fingerprint density at radius 1 is 1.04 bits per heavy atom. The Kier molecular flexibility index (Phi) is 11.1. The first-order valence-electron chi connectivity index (χ1n) is 18.8. The highest BCUT2D eigenvalue weighted by Crippen LogP contribution is 2.49. The zero-order valence-corrected chi connectivity index (χ0v) is 34.8. The van der Waals surface area contributed by atoms with Crippen molar-refractivity contribution in [2.24, 2.45) is 11.3 Å². The number of sulfonamides is 1. The molecule has 3 aromatic rings. The van der Waals surface area contributed by atoms with Crippen molar-refractivity contribution in [2.45, 2.75) is 101 Å². The molecule has 0 unspecified atom stereocenters. The lowest BCUT2D eigenvalue weighted by molar-refractivity contribution is -0.143. The second-order valence-electron chi connectivity index (χ2n) is 17.0. The number of carbonyl (C=O) groups is 4. The molecule has 4 amide bonds. The molecule has 6 rings (SSSR count). The van der Waals surface area contributed by atoms with Gasteiger partial charge in [0.15, 0.2) is 4.21 Å². The van der Waals surface area contributed by atoms with E-state index < -0.39 is 78.7 Å². The second kappa shape index (κ2) is 15.1. The maximum atomic E-state index is 14.7. The van der Waals surface area contributed by atoms with Gasteiger partial charge in [-0.1, -0.05) is 68.8 Å². The molecule has 57 heavy (non-hydrogen) atoms. The first kappa shape index (κ1) is 41.7. The normalized spacial score (nSPS) is 23.2. The fourth-order valence-electron chi connectivity index (χ4n) is 6.96. The van der Waals surface area contributed by atoms with Crippen LogP contribution in [0.2, 0.25) is 0 Å². The molecule has 2 aliphatic carbocycles. The molecule has 3 N–H and O–H groups in total. The Morgan fingerprint density at radius 2 is 1.72 bits per heavy atom. The van der Waals surface area contributed by atoms with Crippen molar-refractivity contribution in [3.8, 4) is 22.8 Å². The molecule has 306 valence electrons. The molecule has 16 heteroatoms. The fourth-order valence-corrected chi connectivity index (χ4v) is 8.42. The van der Waals surface area contributed by atoms with Crippen LogP contribution in [0.5, 0.6) is 11.5 Å². The quantitative estimate of drug-likeness (QED) is 0.157. The lowest BCUT2D eigenvalue weighted by atomic mass is 9.85. The van der Waals surface area contributed by atoms with Gasteiger partial charge in [0.2, 0.25) is 11.8 Å². The van der Waals surface area contributed by atoms with Gasteiger partial charge < -0.3 is 29.7 Å². The summed E-state index contributed by atoms with van der Waals surface area (Å²) < 4.78 is 44.0. The molecule has 14 nitrogen and oxygen atoms in total. The number of methoxy groups -OCH3 is 1. The van der Waals surface area contributed by atoms with Crippen LogP contribution < -0.4 is 24.8 Å². The van der Waals surface area contributed by atoms with Crippen LogP contribution in [-0.2, 0) is 29.1 Å². The Hall–Kier alpha value is -4.89. The van der Waals surface area contributed by atoms with Gasteiger partial charge in [-0.05, 0) is 57.6 Å². The summed E-state index contributed by atoms with van der Waals surface area (Å²) >= 11 is 6.18. The summed E-state index contributed by atoms with van der Waals surface area (Å²) in [5.74, 6) is -1.78. The molecule has 1 aliphatic heterocycles. The van der Waals surface area contributed by atoms with Gasteiger partial charge in [-0.25, -0.2) is 22.9 Å². The monoisotopic (exact) mass is 823 g/mol. The number of rotatable bonds is 12. The van der Waals surface area contributed by atoms with E-state index in [1.807, 2.05) is 36.4 Å². The molecule has 3 aliphatic rings. The van der Waals surface area contributed by atoms with E-state index in [-0.39, 0.29) is 32.2 Å². The molecule has 0 bridgehead atoms. The van der Waals surface area contributed by atoms with E-state index in [2.05, 4.69) is 21.9 Å². The van der Waals surface area contributed by atoms with Gasteiger partial charge in [-0.2, -0.15) is 0 Å². The van der Waals surface area contributed by atoms with Crippen molar-refractivity contribution in [3.63, 3.8) is 0 Å². The zero-order valence-electron chi connectivity index (χ0n) is 33.2. The summed E-state index contributed by atoms with van der Waals surface area (Å²) in [7, 11) is -2.69. The van der Waals surface area contributed by atoms with Crippen molar-refractivity contribution in [3.05, 3.63) is 67.3 Å². The maximum absolute atomic E-state index is 14.7. The summed E-state index contributed by atoms with van der Waals surface area (Å²) in [5, 5.41) is 6.16. The number of ether oxygens (including phenoxy) is 3. The lowest BCUT2D eigenvalue weighted by Crippen LogP contribution is -2.60. The van der Waals surface area contributed by atoms with Crippen LogP contribution in [0, 0.1) is 11.3 Å². The van der Waals surface area contributed by atoms with Crippen LogP contribution in [0.3, 0.4) is 0 Å². The van der Waals surface area contributed by atoms with Crippen molar-refractivity contribution >= 4 is 56.3 Å². The molecule has 0 radical (unpaired) electrons. The molecule has 3 fully saturated rings. The number of nitrogens with one attached hydrogen (secondary N) is 3. The Bertz CT molecular complexity index is 2200. The van der Waals surface area contributed by atoms with Gasteiger partial charge in [0.05, 0.1) is 24.9 Å². The molecular formula is C41H50ClN5O9S. The molecule has 2 aromatic carbocycles. The van der Waals surface area contributed by atoms with E-state index in [1.54, 1.807) is 66.9 Å². The number of aromatic nitrogens is 1. The standard InChI is InChI=1S/C41H50ClN5O9S/c1-9-25-22-41(25,36(50)46-57(52,53)40(42)17-18-40)45-34(48)31-20-27(23-47(31)35(49)33(38(2,3)4)44-37(51)56-39(5,6)7)55-32-21-29(24-13-11-10-12-14-24)43-30-19-26(54-8)15-16-28(30)32/h9-16,19,21,25,27,31,33H,1,17-18,20,22-23H2,2-8H3,(H,44,51)(H,45,48)(H,46,50)/t25-,27+,31-,33+,41-/m0/s1. The first-order chi connectivity index (χ1) is 26.6. The summed E-state index contributed by atoms with van der Waals surface area (Å²) in [5.41, 5.74) is -1.29. The summed E-state index contributed by atoms with van der Waals surface area (Å²) in [4.78, 5) is 62.1. The Balaban J connectivity index is 1.35. The summed E-state index contributed by atoms with van der Waals surface area (Å²) in [6.45, 7) is 14.1. The van der Waals surface area contributed by atoms with E-state index in [0.717, 1.165) is 5.56 Å². The molecular weight excluding hydrogens is 774 g/mol. The number of likely N-dealkylation sites (tertiary alicyclic amines) is 1. The molecule has 2 heterocycles. The van der Waals surface area contributed by atoms with Crippen LogP contribution >= 0.6 is 11.6 Å². The van der Waals surface area contributed by atoms with Gasteiger partial charge in [-0.3, -0.25) is 14.4 Å². The number of hydrogen-bond donors (Lipinski definition) is 3. The third-order valence-corrected chi connectivity index (χ3v) is 13.2. The van der Waals surface area contributed by atoms with E-state index >= 15 is 0 Å². The zero-order chi connectivity index (χ0) is 41.7. The van der Waals surface area contributed by atoms with Crippen molar-refractivity contribution < 1.29 is 41.8 Å². The van der Waals surface area contributed by atoms with Crippen molar-refractivity contribution in [1.82, 2.24) is 25.2 Å².